The highest BCUT2D eigenvalue weighted by atomic mass is 16.5. The number of nitrogens with zero attached hydrogens (tertiary/aromatic N) is 4. The van der Waals surface area contributed by atoms with Gasteiger partial charge < -0.3 is 14.2 Å². The van der Waals surface area contributed by atoms with Crippen molar-refractivity contribution in [1.82, 2.24) is 15.1 Å². The smallest absolute Gasteiger partial charge is 0.258 e. The second-order valence-corrected chi connectivity index (χ2v) is 5.31. The van der Waals surface area contributed by atoms with Crippen LogP contribution >= 0.6 is 0 Å². The third kappa shape index (κ3) is 2.93. The zero-order valence-electron chi connectivity index (χ0n) is 12.6. The molecule has 2 aromatic heterocycles. The lowest BCUT2D eigenvalue weighted by Crippen LogP contribution is -2.36. The number of pyridine rings is 1. The Labute approximate surface area is 133 Å². The molecule has 6 heteroatoms. The van der Waals surface area contributed by atoms with Crippen LogP contribution in [0.4, 0.5) is 5.69 Å². The number of morpholine rings is 1. The molecule has 4 rings (SSSR count). The minimum Gasteiger partial charge on any atom is -0.378 e. The van der Waals surface area contributed by atoms with Crippen LogP contribution < -0.4 is 4.90 Å². The average Bonchev–Trinajstić information content (AvgIpc) is 3.14. The van der Waals surface area contributed by atoms with E-state index < -0.39 is 0 Å². The first-order valence-electron chi connectivity index (χ1n) is 7.57. The van der Waals surface area contributed by atoms with Crippen molar-refractivity contribution in [3.8, 4) is 22.8 Å². The summed E-state index contributed by atoms with van der Waals surface area (Å²) in [6, 6.07) is 11.9. The SMILES string of the molecule is c1cc(-c2nc(-c3ccc(N4CCOCC4)cc3)no2)ccn1. The monoisotopic (exact) mass is 308 g/mol. The highest BCUT2D eigenvalue weighted by Gasteiger charge is 2.13. The van der Waals surface area contributed by atoms with Crippen molar-refractivity contribution in [3.63, 3.8) is 0 Å². The van der Waals surface area contributed by atoms with Gasteiger partial charge in [-0.2, -0.15) is 4.98 Å². The molecule has 3 aromatic rings. The zero-order valence-corrected chi connectivity index (χ0v) is 12.6. The molecule has 0 saturated carbocycles. The molecule has 0 radical (unpaired) electrons. The van der Waals surface area contributed by atoms with E-state index in [0.717, 1.165) is 37.4 Å². The molecule has 1 aromatic carbocycles. The maximum absolute atomic E-state index is 5.38. The Hall–Kier alpha value is -2.73. The van der Waals surface area contributed by atoms with Gasteiger partial charge in [-0.05, 0) is 36.4 Å². The van der Waals surface area contributed by atoms with Gasteiger partial charge in [0.25, 0.3) is 5.89 Å². The fraction of sp³-hybridized carbons (Fsp3) is 0.235. The number of hydrogen-bond donors (Lipinski definition) is 0. The van der Waals surface area contributed by atoms with E-state index >= 15 is 0 Å². The summed E-state index contributed by atoms with van der Waals surface area (Å²) < 4.78 is 10.7. The third-order valence-corrected chi connectivity index (χ3v) is 3.86. The van der Waals surface area contributed by atoms with Gasteiger partial charge in [0.2, 0.25) is 5.82 Å². The molecular weight excluding hydrogens is 292 g/mol. The molecule has 0 spiro atoms. The molecule has 0 unspecified atom stereocenters. The third-order valence-electron chi connectivity index (χ3n) is 3.86. The topological polar surface area (TPSA) is 64.3 Å². The van der Waals surface area contributed by atoms with E-state index in [1.807, 2.05) is 24.3 Å². The minimum absolute atomic E-state index is 0.500. The highest BCUT2D eigenvalue weighted by Crippen LogP contribution is 2.24. The zero-order chi connectivity index (χ0) is 15.5. The summed E-state index contributed by atoms with van der Waals surface area (Å²) in [7, 11) is 0. The highest BCUT2D eigenvalue weighted by molar-refractivity contribution is 5.62. The van der Waals surface area contributed by atoms with Crippen molar-refractivity contribution in [3.05, 3.63) is 48.8 Å². The van der Waals surface area contributed by atoms with Gasteiger partial charge in [0.1, 0.15) is 0 Å². The maximum atomic E-state index is 5.38. The number of hydrogen-bond acceptors (Lipinski definition) is 6. The van der Waals surface area contributed by atoms with Crippen LogP contribution in [0.15, 0.2) is 53.3 Å². The molecule has 1 aliphatic heterocycles. The minimum atomic E-state index is 0.500. The maximum Gasteiger partial charge on any atom is 0.258 e. The molecule has 6 nitrogen and oxygen atoms in total. The molecule has 1 aliphatic rings. The lowest BCUT2D eigenvalue weighted by molar-refractivity contribution is 0.122. The van der Waals surface area contributed by atoms with Crippen LogP contribution in [-0.2, 0) is 4.74 Å². The Morgan fingerprint density at radius 1 is 0.870 bits per heavy atom. The predicted molar refractivity (Wildman–Crippen MR) is 86.0 cm³/mol. The standard InChI is InChI=1S/C17H16N4O2/c1-3-15(21-9-11-22-12-10-21)4-2-13(1)16-19-17(23-20-16)14-5-7-18-8-6-14/h1-8H,9-12H2. The van der Waals surface area contributed by atoms with Crippen LogP contribution in [0.2, 0.25) is 0 Å². The first kappa shape index (κ1) is 13.9. The van der Waals surface area contributed by atoms with Gasteiger partial charge in [0.15, 0.2) is 0 Å². The molecule has 3 heterocycles. The van der Waals surface area contributed by atoms with Gasteiger partial charge >= 0.3 is 0 Å². The summed E-state index contributed by atoms with van der Waals surface area (Å²) in [6.45, 7) is 3.41. The van der Waals surface area contributed by atoms with Crippen molar-refractivity contribution in [2.24, 2.45) is 0 Å². The van der Waals surface area contributed by atoms with E-state index in [0.29, 0.717) is 11.7 Å². The number of aromatic nitrogens is 3. The molecule has 116 valence electrons. The Morgan fingerprint density at radius 2 is 1.61 bits per heavy atom. The molecular formula is C17H16N4O2. The summed E-state index contributed by atoms with van der Waals surface area (Å²) in [6.07, 6.45) is 3.41. The Kier molecular flexibility index (Phi) is 3.73. The molecule has 0 bridgehead atoms. The van der Waals surface area contributed by atoms with Crippen LogP contribution in [0.5, 0.6) is 0 Å². The predicted octanol–water partition coefficient (Wildman–Crippen LogP) is 2.64. The number of rotatable bonds is 3. The van der Waals surface area contributed by atoms with Crippen LogP contribution in [0.3, 0.4) is 0 Å². The normalized spacial score (nSPS) is 14.9. The van der Waals surface area contributed by atoms with Crippen LogP contribution in [0.25, 0.3) is 22.8 Å². The summed E-state index contributed by atoms with van der Waals surface area (Å²) in [4.78, 5) is 10.8. The second kappa shape index (κ2) is 6.18. The lowest BCUT2D eigenvalue weighted by atomic mass is 10.2. The molecule has 1 fully saturated rings. The van der Waals surface area contributed by atoms with E-state index in [2.05, 4.69) is 32.2 Å². The molecule has 0 atom stereocenters. The summed E-state index contributed by atoms with van der Waals surface area (Å²) >= 11 is 0. The van der Waals surface area contributed by atoms with Crippen molar-refractivity contribution >= 4 is 5.69 Å². The first-order chi connectivity index (χ1) is 11.4. The van der Waals surface area contributed by atoms with Crippen molar-refractivity contribution in [2.45, 2.75) is 0 Å². The molecule has 23 heavy (non-hydrogen) atoms. The van der Waals surface area contributed by atoms with E-state index in [-0.39, 0.29) is 0 Å². The number of benzene rings is 1. The summed E-state index contributed by atoms with van der Waals surface area (Å²) in [5.41, 5.74) is 2.99. The largest absolute Gasteiger partial charge is 0.378 e. The number of anilines is 1. The Balaban J connectivity index is 1.55. The summed E-state index contributed by atoms with van der Waals surface area (Å²) in [5, 5.41) is 4.06. The van der Waals surface area contributed by atoms with Crippen molar-refractivity contribution in [2.75, 3.05) is 31.2 Å². The quantitative estimate of drug-likeness (QED) is 0.741. The van der Waals surface area contributed by atoms with E-state index in [4.69, 9.17) is 9.26 Å². The molecule has 1 saturated heterocycles. The fourth-order valence-electron chi connectivity index (χ4n) is 2.60. The first-order valence-corrected chi connectivity index (χ1v) is 7.57. The average molecular weight is 308 g/mol. The fourth-order valence-corrected chi connectivity index (χ4v) is 2.60. The summed E-state index contributed by atoms with van der Waals surface area (Å²) in [5.74, 6) is 1.09. The van der Waals surface area contributed by atoms with Gasteiger partial charge in [-0.3, -0.25) is 4.98 Å². The van der Waals surface area contributed by atoms with Gasteiger partial charge in [0, 0.05) is 42.3 Å². The van der Waals surface area contributed by atoms with Crippen LogP contribution in [0, 0.1) is 0 Å². The Morgan fingerprint density at radius 3 is 2.35 bits per heavy atom. The van der Waals surface area contributed by atoms with E-state index in [1.165, 1.54) is 5.69 Å². The van der Waals surface area contributed by atoms with Gasteiger partial charge in [-0.1, -0.05) is 5.16 Å². The molecule has 0 aliphatic carbocycles. The van der Waals surface area contributed by atoms with E-state index in [1.54, 1.807) is 12.4 Å². The number of ether oxygens (including phenoxy) is 1. The van der Waals surface area contributed by atoms with Gasteiger partial charge in [-0.25, -0.2) is 0 Å². The lowest BCUT2D eigenvalue weighted by Gasteiger charge is -2.28. The van der Waals surface area contributed by atoms with Gasteiger partial charge in [0.05, 0.1) is 13.2 Å². The van der Waals surface area contributed by atoms with Crippen LogP contribution in [-0.4, -0.2) is 41.4 Å². The van der Waals surface area contributed by atoms with Crippen LogP contribution in [0.1, 0.15) is 0 Å². The van der Waals surface area contributed by atoms with Crippen molar-refractivity contribution in [1.29, 1.82) is 0 Å². The molecule has 0 N–H and O–H groups in total. The van der Waals surface area contributed by atoms with Crippen molar-refractivity contribution < 1.29 is 9.26 Å². The van der Waals surface area contributed by atoms with E-state index in [9.17, 15) is 0 Å². The van der Waals surface area contributed by atoms with Gasteiger partial charge in [-0.15, -0.1) is 0 Å². The second-order valence-electron chi connectivity index (χ2n) is 5.31. The Bertz CT molecular complexity index is 765. The molecule has 0 amide bonds.